The molecule has 3 nitrogen and oxygen atoms in total. The van der Waals surface area contributed by atoms with Crippen LogP contribution < -0.4 is 5.32 Å². The lowest BCUT2D eigenvalue weighted by Gasteiger charge is -2.37. The van der Waals surface area contributed by atoms with Crippen molar-refractivity contribution in [1.82, 2.24) is 5.32 Å². The third kappa shape index (κ3) is 3.47. The highest BCUT2D eigenvalue weighted by molar-refractivity contribution is 7.91. The molecule has 2 aliphatic rings. The van der Waals surface area contributed by atoms with Gasteiger partial charge < -0.3 is 5.32 Å². The van der Waals surface area contributed by atoms with Crippen LogP contribution in [0.2, 0.25) is 0 Å². The fourth-order valence-electron chi connectivity index (χ4n) is 3.58. The Balaban J connectivity index is 1.93. The molecular weight excluding hydrogens is 246 g/mol. The van der Waals surface area contributed by atoms with E-state index in [2.05, 4.69) is 26.1 Å². The van der Waals surface area contributed by atoms with Gasteiger partial charge in [-0.25, -0.2) is 8.42 Å². The molecule has 1 aliphatic carbocycles. The average molecular weight is 273 g/mol. The normalized spacial score (nSPS) is 40.2. The van der Waals surface area contributed by atoms with Gasteiger partial charge in [0.15, 0.2) is 9.84 Å². The minimum Gasteiger partial charge on any atom is -0.308 e. The third-order valence-electron chi connectivity index (χ3n) is 4.71. The van der Waals surface area contributed by atoms with E-state index < -0.39 is 9.84 Å². The quantitative estimate of drug-likeness (QED) is 0.858. The summed E-state index contributed by atoms with van der Waals surface area (Å²) in [5.74, 6) is 2.23. The molecule has 4 heteroatoms. The molecule has 2 rings (SSSR count). The van der Waals surface area contributed by atoms with Crippen LogP contribution in [0.25, 0.3) is 0 Å². The Morgan fingerprint density at radius 2 is 2.00 bits per heavy atom. The lowest BCUT2D eigenvalue weighted by molar-refractivity contribution is 0.201. The summed E-state index contributed by atoms with van der Waals surface area (Å²) in [7, 11) is -2.80. The molecule has 0 amide bonds. The SMILES string of the molecule is CC(C)C1CCCC(NC2(C)CCS(=O)(=O)C2)C1. The average Bonchev–Trinajstić information content (AvgIpc) is 2.53. The van der Waals surface area contributed by atoms with Crippen LogP contribution in [0.15, 0.2) is 0 Å². The Morgan fingerprint density at radius 1 is 1.28 bits per heavy atom. The van der Waals surface area contributed by atoms with Gasteiger partial charge in [-0.05, 0) is 38.0 Å². The van der Waals surface area contributed by atoms with E-state index in [1.54, 1.807) is 0 Å². The summed E-state index contributed by atoms with van der Waals surface area (Å²) < 4.78 is 23.2. The molecule has 0 aromatic rings. The molecule has 1 saturated heterocycles. The Labute approximate surface area is 112 Å². The highest BCUT2D eigenvalue weighted by Crippen LogP contribution is 2.32. The van der Waals surface area contributed by atoms with Gasteiger partial charge in [0.25, 0.3) is 0 Å². The van der Waals surface area contributed by atoms with Gasteiger partial charge in [0.1, 0.15) is 0 Å². The van der Waals surface area contributed by atoms with Crippen LogP contribution >= 0.6 is 0 Å². The van der Waals surface area contributed by atoms with Crippen LogP contribution in [0.1, 0.15) is 52.9 Å². The number of hydrogen-bond acceptors (Lipinski definition) is 3. The summed E-state index contributed by atoms with van der Waals surface area (Å²) in [4.78, 5) is 0. The highest BCUT2D eigenvalue weighted by Gasteiger charge is 2.40. The first-order valence-corrected chi connectivity index (χ1v) is 9.10. The molecule has 3 unspecified atom stereocenters. The first kappa shape index (κ1) is 14.3. The van der Waals surface area contributed by atoms with Crippen molar-refractivity contribution >= 4 is 9.84 Å². The van der Waals surface area contributed by atoms with Gasteiger partial charge in [0, 0.05) is 11.6 Å². The molecule has 1 aliphatic heterocycles. The van der Waals surface area contributed by atoms with E-state index in [9.17, 15) is 8.42 Å². The Bertz CT molecular complexity index is 391. The van der Waals surface area contributed by atoms with Crippen molar-refractivity contribution in [2.24, 2.45) is 11.8 Å². The fraction of sp³-hybridized carbons (Fsp3) is 1.00. The summed E-state index contributed by atoms with van der Waals surface area (Å²) in [5, 5.41) is 3.66. The summed E-state index contributed by atoms with van der Waals surface area (Å²) in [6.45, 7) is 6.68. The second-order valence-electron chi connectivity index (χ2n) is 6.91. The van der Waals surface area contributed by atoms with Gasteiger partial charge in [0.05, 0.1) is 11.5 Å². The van der Waals surface area contributed by atoms with E-state index in [-0.39, 0.29) is 5.54 Å². The first-order chi connectivity index (χ1) is 8.30. The fourth-order valence-corrected chi connectivity index (χ4v) is 5.69. The number of sulfone groups is 1. The molecule has 0 aromatic carbocycles. The molecule has 0 bridgehead atoms. The van der Waals surface area contributed by atoms with Crippen LogP contribution in [0.4, 0.5) is 0 Å². The summed E-state index contributed by atoms with van der Waals surface area (Å²) in [6.07, 6.45) is 5.82. The molecule has 3 atom stereocenters. The Hall–Kier alpha value is -0.0900. The van der Waals surface area contributed by atoms with Gasteiger partial charge in [-0.2, -0.15) is 0 Å². The molecule has 0 spiro atoms. The van der Waals surface area contributed by atoms with Gasteiger partial charge in [0.2, 0.25) is 0 Å². The Morgan fingerprint density at radius 3 is 2.56 bits per heavy atom. The van der Waals surface area contributed by atoms with E-state index in [0.717, 1.165) is 18.3 Å². The zero-order chi connectivity index (χ0) is 13.4. The number of rotatable bonds is 3. The molecule has 0 radical (unpaired) electrons. The predicted octanol–water partition coefficient (Wildman–Crippen LogP) is 2.37. The summed E-state index contributed by atoms with van der Waals surface area (Å²) in [5.41, 5.74) is -0.178. The maximum atomic E-state index is 11.6. The van der Waals surface area contributed by atoms with Crippen molar-refractivity contribution < 1.29 is 8.42 Å². The molecule has 2 fully saturated rings. The molecule has 1 heterocycles. The van der Waals surface area contributed by atoms with Crippen molar-refractivity contribution in [2.75, 3.05) is 11.5 Å². The van der Waals surface area contributed by atoms with E-state index in [1.165, 1.54) is 25.7 Å². The molecule has 106 valence electrons. The first-order valence-electron chi connectivity index (χ1n) is 7.28. The monoisotopic (exact) mass is 273 g/mol. The smallest absolute Gasteiger partial charge is 0.152 e. The predicted molar refractivity (Wildman–Crippen MR) is 75.4 cm³/mol. The second kappa shape index (κ2) is 5.12. The van der Waals surface area contributed by atoms with Crippen LogP contribution in [0, 0.1) is 11.8 Å². The van der Waals surface area contributed by atoms with Crippen molar-refractivity contribution in [2.45, 2.75) is 64.5 Å². The van der Waals surface area contributed by atoms with Gasteiger partial charge in [-0.15, -0.1) is 0 Å². The van der Waals surface area contributed by atoms with Crippen molar-refractivity contribution in [1.29, 1.82) is 0 Å². The number of hydrogen-bond donors (Lipinski definition) is 1. The summed E-state index contributed by atoms with van der Waals surface area (Å²) >= 11 is 0. The number of nitrogens with one attached hydrogen (secondary N) is 1. The van der Waals surface area contributed by atoms with Gasteiger partial charge >= 0.3 is 0 Å². The molecule has 0 aromatic heterocycles. The standard InChI is InChI=1S/C14H27NO2S/c1-11(2)12-5-4-6-13(9-12)15-14(3)7-8-18(16,17)10-14/h11-13,15H,4-10H2,1-3H3. The third-order valence-corrected chi connectivity index (χ3v) is 6.62. The van der Waals surface area contributed by atoms with E-state index in [4.69, 9.17) is 0 Å². The highest BCUT2D eigenvalue weighted by atomic mass is 32.2. The molecule has 1 saturated carbocycles. The van der Waals surface area contributed by atoms with Crippen LogP contribution in [-0.2, 0) is 9.84 Å². The maximum Gasteiger partial charge on any atom is 0.152 e. The topological polar surface area (TPSA) is 46.2 Å². The molecular formula is C14H27NO2S. The Kier molecular flexibility index (Phi) is 4.07. The van der Waals surface area contributed by atoms with Crippen molar-refractivity contribution in [3.05, 3.63) is 0 Å². The zero-order valence-electron chi connectivity index (χ0n) is 11.9. The largest absolute Gasteiger partial charge is 0.308 e. The van der Waals surface area contributed by atoms with E-state index in [0.29, 0.717) is 17.5 Å². The van der Waals surface area contributed by atoms with E-state index in [1.807, 2.05) is 0 Å². The van der Waals surface area contributed by atoms with Crippen molar-refractivity contribution in [3.63, 3.8) is 0 Å². The lowest BCUT2D eigenvalue weighted by Crippen LogP contribution is -2.50. The van der Waals surface area contributed by atoms with Gasteiger partial charge in [-0.1, -0.05) is 26.7 Å². The minimum atomic E-state index is -2.80. The zero-order valence-corrected chi connectivity index (χ0v) is 12.7. The maximum absolute atomic E-state index is 11.6. The van der Waals surface area contributed by atoms with Crippen LogP contribution in [0.5, 0.6) is 0 Å². The summed E-state index contributed by atoms with van der Waals surface area (Å²) in [6, 6.07) is 0.518. The lowest BCUT2D eigenvalue weighted by atomic mass is 9.78. The molecule has 1 N–H and O–H groups in total. The van der Waals surface area contributed by atoms with Crippen LogP contribution in [-0.4, -0.2) is 31.5 Å². The minimum absolute atomic E-state index is 0.178. The van der Waals surface area contributed by atoms with Gasteiger partial charge in [-0.3, -0.25) is 0 Å². The van der Waals surface area contributed by atoms with Crippen LogP contribution in [0.3, 0.4) is 0 Å². The van der Waals surface area contributed by atoms with Crippen molar-refractivity contribution in [3.8, 4) is 0 Å². The van der Waals surface area contributed by atoms with E-state index >= 15 is 0 Å². The second-order valence-corrected chi connectivity index (χ2v) is 9.10. The molecule has 18 heavy (non-hydrogen) atoms.